The fourth-order valence-electron chi connectivity index (χ4n) is 12.8. The van der Waals surface area contributed by atoms with Gasteiger partial charge in [0.25, 0.3) is 0 Å². The highest BCUT2D eigenvalue weighted by Crippen LogP contribution is 2.47. The Hall–Kier alpha value is -18.2. The molecule has 132 heavy (non-hydrogen) atoms. The smallest absolute Gasteiger partial charge is 0.340 e. The number of benzene rings is 10. The zero-order chi connectivity index (χ0) is 96.9. The van der Waals surface area contributed by atoms with Gasteiger partial charge >= 0.3 is 53.7 Å². The summed E-state index contributed by atoms with van der Waals surface area (Å²) in [6.07, 6.45) is -21.4. The van der Waals surface area contributed by atoms with Crippen molar-refractivity contribution in [2.24, 2.45) is 5.92 Å². The van der Waals surface area contributed by atoms with E-state index in [-0.39, 0.29) is 22.4 Å². The first kappa shape index (κ1) is 94.5. The third kappa shape index (κ3) is 20.7. The summed E-state index contributed by atoms with van der Waals surface area (Å²) in [6, 6.07) is 16.9. The van der Waals surface area contributed by atoms with Crippen molar-refractivity contribution in [2.45, 2.75) is 75.6 Å². The molecule has 10 aromatic rings. The minimum absolute atomic E-state index is 0.0300. The lowest BCUT2D eigenvalue weighted by Crippen LogP contribution is -2.63. The molecule has 0 saturated carbocycles. The van der Waals surface area contributed by atoms with Crippen LogP contribution in [0.15, 0.2) is 133 Å². The monoisotopic (exact) mass is 1840 g/mol. The number of esters is 9. The number of ketones is 1. The Labute approximate surface area is 734 Å². The Bertz CT molecular complexity index is 6090. The second kappa shape index (κ2) is 38.3. The summed E-state index contributed by atoms with van der Waals surface area (Å²) in [5.41, 5.74) is -6.09. The number of aromatic hydroxyl groups is 26. The van der Waals surface area contributed by atoms with Crippen LogP contribution in [0.4, 0.5) is 0 Å². The molecule has 2 aliphatic heterocycles. The number of ether oxygens (including phenoxy) is 11. The van der Waals surface area contributed by atoms with Crippen molar-refractivity contribution >= 4 is 59.5 Å². The topological polar surface area (TPSA) is 798 Å². The summed E-state index contributed by atoms with van der Waals surface area (Å²) in [6.45, 7) is 0.382. The van der Waals surface area contributed by atoms with Crippen LogP contribution in [0, 0.1) is 19.8 Å². The van der Waals surface area contributed by atoms with Crippen molar-refractivity contribution in [3.8, 4) is 149 Å². The number of phenolic OH excluding ortho intramolecular Hbond substituents is 26. The van der Waals surface area contributed by atoms with Crippen molar-refractivity contribution in [1.82, 2.24) is 0 Å². The van der Waals surface area contributed by atoms with Crippen LogP contribution >= 0.6 is 0 Å². The normalized spacial score (nSPS) is 17.8. The van der Waals surface area contributed by atoms with E-state index in [1.807, 2.05) is 0 Å². The quantitative estimate of drug-likeness (QED) is 0.0155. The lowest BCUT2D eigenvalue weighted by Gasteiger charge is -2.44. The number of phenols is 26. The van der Waals surface area contributed by atoms with E-state index in [9.17, 15) is 181 Å². The minimum atomic E-state index is -2.48. The fourth-order valence-corrected chi connectivity index (χ4v) is 12.8. The Morgan fingerprint density at radius 2 is 0.455 bits per heavy atom. The Morgan fingerprint density at radius 3 is 0.758 bits per heavy atom. The van der Waals surface area contributed by atoms with E-state index in [1.165, 1.54) is 26.0 Å². The molecule has 10 atom stereocenters. The van der Waals surface area contributed by atoms with E-state index in [0.29, 0.717) is 78.9 Å². The molecule has 2 saturated heterocycles. The second-order valence-electron chi connectivity index (χ2n) is 28.6. The van der Waals surface area contributed by atoms with Gasteiger partial charge in [-0.15, -0.1) is 0 Å². The summed E-state index contributed by atoms with van der Waals surface area (Å²) in [5.74, 6) is -41.3. The number of carbonyl (C=O) groups is 10. The molecule has 10 unspecified atom stereocenters. The standard InChI is InChI=1S/C43H36O22.C42H34O25/c1-16-6-19(9-25(46)33(16)53)42(60)65-43-38(64-41(59)21-12-30(51)36(56)31(52)13-21)23(14-24(45)18-7-26(47)34(54)27(48)8-18)37(63-40(58)20-10-28(49)35(55)29(50)11-20)32(62-43)15-61-39(57)17-2-4-22(44)5-3-17;1-13-2-14(3-19(43)29(13)52)41(61)67-42-36(66-40(60)18-10-26(50)33(56)27(51)11-18)35(65-39(59)17-8-24(48)32(55)25(49)9-17)34(64-38(58)16-6-22(46)31(54)23(47)7-16)28(63-42)12-62-37(57)15-4-20(44)30(53)21(45)5-15/h2-13,23,32,37-38,43-44,46-56H,14-15H2,1H3;2-11,28,34-36,42-56H,12H2,1H3. The van der Waals surface area contributed by atoms with Gasteiger partial charge in [0, 0.05) is 17.9 Å². The van der Waals surface area contributed by atoms with Crippen LogP contribution in [-0.4, -0.2) is 261 Å². The third-order valence-corrected chi connectivity index (χ3v) is 19.6. The molecule has 0 amide bonds. The zero-order valence-electron chi connectivity index (χ0n) is 66.8. The molecule has 47 nitrogen and oxygen atoms in total. The van der Waals surface area contributed by atoms with Crippen LogP contribution in [0.2, 0.25) is 0 Å². The Balaban J connectivity index is 0.000000255. The van der Waals surface area contributed by atoms with E-state index in [0.717, 1.165) is 42.5 Å². The van der Waals surface area contributed by atoms with Gasteiger partial charge in [0.15, 0.2) is 168 Å². The molecule has 0 spiro atoms. The van der Waals surface area contributed by atoms with Crippen LogP contribution in [0.25, 0.3) is 0 Å². The molecular weight excluding hydrogens is 1770 g/mol. The van der Waals surface area contributed by atoms with Gasteiger partial charge in [-0.05, 0) is 158 Å². The van der Waals surface area contributed by atoms with Gasteiger partial charge < -0.3 is 185 Å². The highest BCUT2D eigenvalue weighted by molar-refractivity contribution is 5.99. The molecule has 0 aliphatic carbocycles. The molecule has 2 fully saturated rings. The van der Waals surface area contributed by atoms with E-state index in [1.54, 1.807) is 0 Å². The zero-order valence-corrected chi connectivity index (χ0v) is 66.8. The van der Waals surface area contributed by atoms with Crippen molar-refractivity contribution in [2.75, 3.05) is 13.2 Å². The van der Waals surface area contributed by atoms with E-state index >= 15 is 0 Å². The van der Waals surface area contributed by atoms with Crippen LogP contribution in [0.1, 0.15) is 121 Å². The molecule has 12 rings (SSSR count). The Morgan fingerprint density at radius 1 is 0.235 bits per heavy atom. The molecule has 2 heterocycles. The van der Waals surface area contributed by atoms with Gasteiger partial charge in [0.2, 0.25) is 18.7 Å². The summed E-state index contributed by atoms with van der Waals surface area (Å²) in [4.78, 5) is 138. The average molecular weight is 1840 g/mol. The number of Topliss-reactive ketones (excluding diaryl/α,β-unsaturated/α-hetero) is 1. The number of aryl methyl sites for hydroxylation is 2. The predicted octanol–water partition coefficient (Wildman–Crippen LogP) is 5.83. The summed E-state index contributed by atoms with van der Waals surface area (Å²) >= 11 is 0. The molecule has 26 N–H and O–H groups in total. The number of carbonyl (C=O) groups excluding carboxylic acids is 10. The maximum Gasteiger partial charge on any atom is 0.340 e. The number of hydrogen-bond acceptors (Lipinski definition) is 47. The molecule has 0 aromatic heterocycles. The first-order valence-electron chi connectivity index (χ1n) is 37.3. The van der Waals surface area contributed by atoms with Crippen LogP contribution in [0.3, 0.4) is 0 Å². The molecule has 2 aliphatic rings. The van der Waals surface area contributed by atoms with Crippen LogP contribution in [-0.2, 0) is 52.1 Å². The lowest BCUT2D eigenvalue weighted by atomic mass is 9.83. The molecule has 47 heteroatoms. The summed E-state index contributed by atoms with van der Waals surface area (Å²) in [7, 11) is 0. The summed E-state index contributed by atoms with van der Waals surface area (Å²) < 4.78 is 62.2. The Kier molecular flexibility index (Phi) is 27.4. The minimum Gasteiger partial charge on any atom is -0.508 e. The first-order valence-corrected chi connectivity index (χ1v) is 37.3. The van der Waals surface area contributed by atoms with Crippen molar-refractivity contribution in [3.63, 3.8) is 0 Å². The summed E-state index contributed by atoms with van der Waals surface area (Å²) in [5, 5.41) is 262. The van der Waals surface area contributed by atoms with Gasteiger partial charge in [0.05, 0.1) is 50.1 Å². The fraction of sp³-hybridized carbons (Fsp3) is 0.176. The highest BCUT2D eigenvalue weighted by Gasteiger charge is 2.57. The molecule has 0 bridgehead atoms. The maximum atomic E-state index is 14.1. The van der Waals surface area contributed by atoms with Crippen molar-refractivity contribution in [1.29, 1.82) is 0 Å². The molecular formula is C85H70O47. The van der Waals surface area contributed by atoms with Crippen molar-refractivity contribution < 1.29 is 233 Å². The maximum absolute atomic E-state index is 14.1. The van der Waals surface area contributed by atoms with Crippen LogP contribution in [0.5, 0.6) is 149 Å². The van der Waals surface area contributed by atoms with Crippen molar-refractivity contribution in [3.05, 3.63) is 200 Å². The third-order valence-electron chi connectivity index (χ3n) is 19.6. The van der Waals surface area contributed by atoms with Crippen LogP contribution < -0.4 is 0 Å². The SMILES string of the molecule is Cc1cc(C(=O)OC2OC(COC(=O)c3cc(O)c(O)c(O)c3)C(OC(=O)c3cc(O)c(O)c(O)c3)C(OC(=O)c3cc(O)c(O)c(O)c3)C2OC(=O)c2cc(O)c(O)c(O)c2)cc(O)c1O.Cc1cc(C(=O)OC2OC(COC(=O)c3ccc(O)cc3)C(OC(=O)c3cc(O)c(O)c(O)c3)C(CC(=O)c3cc(O)c(O)c(O)c3)C2OC(=O)c2cc(O)c(O)c(O)c2)cc(O)c1O. The first-order chi connectivity index (χ1) is 62.1. The highest BCUT2D eigenvalue weighted by atomic mass is 16.8. The second-order valence-corrected chi connectivity index (χ2v) is 28.6. The predicted molar refractivity (Wildman–Crippen MR) is 424 cm³/mol. The lowest BCUT2D eigenvalue weighted by molar-refractivity contribution is -0.282. The van der Waals surface area contributed by atoms with Gasteiger partial charge in [-0.25, -0.2) is 43.2 Å². The molecule has 10 aromatic carbocycles. The number of hydrogen-bond donors (Lipinski definition) is 26. The largest absolute Gasteiger partial charge is 0.508 e. The van der Waals surface area contributed by atoms with Gasteiger partial charge in [0.1, 0.15) is 37.3 Å². The van der Waals surface area contributed by atoms with Gasteiger partial charge in [-0.1, -0.05) is 0 Å². The molecule has 692 valence electrons. The van der Waals surface area contributed by atoms with Gasteiger partial charge in [-0.2, -0.15) is 0 Å². The molecule has 0 radical (unpaired) electrons. The van der Waals surface area contributed by atoms with E-state index < -0.39 is 334 Å². The number of rotatable bonds is 23. The average Bonchev–Trinajstić information content (AvgIpc) is 0.768. The van der Waals surface area contributed by atoms with E-state index in [4.69, 9.17) is 52.1 Å². The van der Waals surface area contributed by atoms with E-state index in [2.05, 4.69) is 0 Å². The van der Waals surface area contributed by atoms with Gasteiger partial charge in [-0.3, -0.25) is 4.79 Å².